The normalized spacial score (nSPS) is 10.8. The van der Waals surface area contributed by atoms with Gasteiger partial charge in [0.2, 0.25) is 0 Å². The first-order valence-corrected chi connectivity index (χ1v) is 7.03. The number of benzene rings is 1. The van der Waals surface area contributed by atoms with E-state index in [1.165, 1.54) is 0 Å². The Hall–Kier alpha value is -3.41. The molecule has 0 spiro atoms. The first kappa shape index (κ1) is 13.3. The highest BCUT2D eigenvalue weighted by molar-refractivity contribution is 5.80. The molecule has 0 amide bonds. The van der Waals surface area contributed by atoms with Crippen molar-refractivity contribution in [1.82, 2.24) is 15.0 Å². The summed E-state index contributed by atoms with van der Waals surface area (Å²) in [5, 5.41) is 3.25. The predicted octanol–water partition coefficient (Wildman–Crippen LogP) is 3.32. The molecule has 1 aromatic carbocycles. The molecule has 0 radical (unpaired) electrons. The van der Waals surface area contributed by atoms with Crippen LogP contribution in [0.4, 0.5) is 11.4 Å². The largest absolute Gasteiger partial charge is 0.417 e. The van der Waals surface area contributed by atoms with Gasteiger partial charge in [-0.3, -0.25) is 15.0 Å². The van der Waals surface area contributed by atoms with E-state index in [2.05, 4.69) is 20.3 Å². The zero-order valence-electron chi connectivity index (χ0n) is 12.0. The summed E-state index contributed by atoms with van der Waals surface area (Å²) in [6.45, 7) is 0. The second kappa shape index (κ2) is 5.42. The molecule has 0 saturated heterocycles. The second-order valence-corrected chi connectivity index (χ2v) is 5.05. The molecule has 3 aromatic heterocycles. The summed E-state index contributed by atoms with van der Waals surface area (Å²) in [6.07, 6.45) is 6.97. The Morgan fingerprint density at radius 1 is 0.957 bits per heavy atom. The fourth-order valence-electron chi connectivity index (χ4n) is 2.39. The van der Waals surface area contributed by atoms with E-state index in [0.717, 1.165) is 22.5 Å². The van der Waals surface area contributed by atoms with E-state index in [9.17, 15) is 4.79 Å². The van der Waals surface area contributed by atoms with Crippen molar-refractivity contribution in [2.24, 2.45) is 0 Å². The summed E-state index contributed by atoms with van der Waals surface area (Å²) in [5.74, 6) is -0.456. The number of hydrogen-bond acceptors (Lipinski definition) is 5. The highest BCUT2D eigenvalue weighted by Crippen LogP contribution is 2.25. The molecule has 112 valence electrons. The quantitative estimate of drug-likeness (QED) is 0.606. The molecule has 23 heavy (non-hydrogen) atoms. The van der Waals surface area contributed by atoms with Gasteiger partial charge in [0, 0.05) is 18.0 Å². The number of rotatable bonds is 3. The van der Waals surface area contributed by atoms with Gasteiger partial charge in [-0.15, -0.1) is 0 Å². The summed E-state index contributed by atoms with van der Waals surface area (Å²) in [4.78, 5) is 22.2. The number of H-pyrrole nitrogens is 1. The van der Waals surface area contributed by atoms with Crippen molar-refractivity contribution in [3.05, 3.63) is 71.7 Å². The topological polar surface area (TPSA) is 83.8 Å². The number of anilines is 2. The van der Waals surface area contributed by atoms with Crippen LogP contribution in [-0.4, -0.2) is 15.0 Å². The minimum atomic E-state index is -0.456. The van der Waals surface area contributed by atoms with Crippen LogP contribution in [0.5, 0.6) is 0 Å². The standard InChI is InChI=1S/C17H12N4O2/c22-17-21-15-4-3-11(7-16(15)23-17)12-6-14(10-19-8-12)20-13-2-1-5-18-9-13/h1-10,20H,(H,21,22). The Kier molecular flexibility index (Phi) is 3.12. The van der Waals surface area contributed by atoms with Crippen LogP contribution in [0.25, 0.3) is 22.2 Å². The van der Waals surface area contributed by atoms with Crippen molar-refractivity contribution >= 4 is 22.5 Å². The van der Waals surface area contributed by atoms with Crippen molar-refractivity contribution in [2.75, 3.05) is 5.32 Å². The summed E-state index contributed by atoms with van der Waals surface area (Å²) in [5.41, 5.74) is 4.78. The van der Waals surface area contributed by atoms with Crippen molar-refractivity contribution in [2.45, 2.75) is 0 Å². The molecule has 0 aliphatic carbocycles. The van der Waals surface area contributed by atoms with Gasteiger partial charge < -0.3 is 9.73 Å². The van der Waals surface area contributed by atoms with Crippen molar-refractivity contribution in [3.63, 3.8) is 0 Å². The van der Waals surface area contributed by atoms with Crippen molar-refractivity contribution in [1.29, 1.82) is 0 Å². The van der Waals surface area contributed by atoms with Gasteiger partial charge in [-0.05, 0) is 35.9 Å². The van der Waals surface area contributed by atoms with Crippen LogP contribution in [0.2, 0.25) is 0 Å². The second-order valence-electron chi connectivity index (χ2n) is 5.05. The lowest BCUT2D eigenvalue weighted by atomic mass is 10.1. The maximum atomic E-state index is 11.2. The van der Waals surface area contributed by atoms with Gasteiger partial charge in [-0.25, -0.2) is 4.79 Å². The van der Waals surface area contributed by atoms with Crippen molar-refractivity contribution in [3.8, 4) is 11.1 Å². The number of aromatic nitrogens is 3. The highest BCUT2D eigenvalue weighted by atomic mass is 16.4. The van der Waals surface area contributed by atoms with Gasteiger partial charge in [0.05, 0.1) is 29.3 Å². The van der Waals surface area contributed by atoms with E-state index in [-0.39, 0.29) is 0 Å². The number of oxazole rings is 1. The van der Waals surface area contributed by atoms with Crippen LogP contribution in [-0.2, 0) is 0 Å². The third-order valence-electron chi connectivity index (χ3n) is 3.44. The van der Waals surface area contributed by atoms with Crippen LogP contribution in [0.3, 0.4) is 0 Å². The third-order valence-corrected chi connectivity index (χ3v) is 3.44. The van der Waals surface area contributed by atoms with Gasteiger partial charge in [0.1, 0.15) is 0 Å². The average Bonchev–Trinajstić information content (AvgIpc) is 2.95. The molecule has 0 bridgehead atoms. The van der Waals surface area contributed by atoms with E-state index >= 15 is 0 Å². The Bertz CT molecular complexity index is 1020. The summed E-state index contributed by atoms with van der Waals surface area (Å²) >= 11 is 0. The molecule has 0 atom stereocenters. The molecule has 4 rings (SSSR count). The van der Waals surface area contributed by atoms with E-state index in [4.69, 9.17) is 4.42 Å². The minimum Gasteiger partial charge on any atom is -0.408 e. The first-order valence-electron chi connectivity index (χ1n) is 7.03. The molecule has 6 heteroatoms. The zero-order chi connectivity index (χ0) is 15.6. The van der Waals surface area contributed by atoms with Gasteiger partial charge in [-0.2, -0.15) is 0 Å². The molecule has 2 N–H and O–H groups in total. The average molecular weight is 304 g/mol. The Morgan fingerprint density at radius 2 is 1.87 bits per heavy atom. The Labute approximate surface area is 130 Å². The predicted molar refractivity (Wildman–Crippen MR) is 87.6 cm³/mol. The van der Waals surface area contributed by atoms with Crippen LogP contribution in [0, 0.1) is 0 Å². The maximum absolute atomic E-state index is 11.2. The summed E-state index contributed by atoms with van der Waals surface area (Å²) in [6, 6.07) is 11.3. The molecule has 0 saturated carbocycles. The maximum Gasteiger partial charge on any atom is 0.417 e. The number of nitrogens with zero attached hydrogens (tertiary/aromatic N) is 2. The van der Waals surface area contributed by atoms with Crippen LogP contribution >= 0.6 is 0 Å². The molecule has 4 aromatic rings. The molecule has 0 aliphatic heterocycles. The lowest BCUT2D eigenvalue weighted by Gasteiger charge is -2.07. The molecule has 6 nitrogen and oxygen atoms in total. The van der Waals surface area contributed by atoms with E-state index in [1.807, 2.05) is 36.4 Å². The number of fused-ring (bicyclic) bond motifs is 1. The molecule has 0 fully saturated rings. The molecule has 0 unspecified atom stereocenters. The zero-order valence-corrected chi connectivity index (χ0v) is 12.0. The van der Waals surface area contributed by atoms with Crippen LogP contribution in [0.15, 0.2) is 70.4 Å². The van der Waals surface area contributed by atoms with Crippen LogP contribution < -0.4 is 11.1 Å². The number of aromatic amines is 1. The summed E-state index contributed by atoms with van der Waals surface area (Å²) in [7, 11) is 0. The van der Waals surface area contributed by atoms with Gasteiger partial charge in [0.15, 0.2) is 5.58 Å². The monoisotopic (exact) mass is 304 g/mol. The van der Waals surface area contributed by atoms with E-state index in [1.54, 1.807) is 24.8 Å². The van der Waals surface area contributed by atoms with E-state index < -0.39 is 5.76 Å². The molecule has 3 heterocycles. The Balaban J connectivity index is 1.70. The van der Waals surface area contributed by atoms with Crippen molar-refractivity contribution < 1.29 is 4.42 Å². The first-order chi connectivity index (χ1) is 11.3. The van der Waals surface area contributed by atoms with E-state index in [0.29, 0.717) is 11.1 Å². The van der Waals surface area contributed by atoms with Gasteiger partial charge in [-0.1, -0.05) is 6.07 Å². The third kappa shape index (κ3) is 2.69. The minimum absolute atomic E-state index is 0.456. The lowest BCUT2D eigenvalue weighted by molar-refractivity contribution is 0.555. The highest BCUT2D eigenvalue weighted by Gasteiger charge is 2.05. The molecular formula is C17H12N4O2. The number of hydrogen-bond donors (Lipinski definition) is 2. The summed E-state index contributed by atoms with van der Waals surface area (Å²) < 4.78 is 5.10. The van der Waals surface area contributed by atoms with Gasteiger partial charge in [0.25, 0.3) is 0 Å². The smallest absolute Gasteiger partial charge is 0.408 e. The lowest BCUT2D eigenvalue weighted by Crippen LogP contribution is -1.92. The van der Waals surface area contributed by atoms with Crippen LogP contribution in [0.1, 0.15) is 0 Å². The SMILES string of the molecule is O=c1[nH]c2ccc(-c3cncc(Nc4cccnc4)c3)cc2o1. The molecular weight excluding hydrogens is 292 g/mol. The number of pyridine rings is 2. The fourth-order valence-corrected chi connectivity index (χ4v) is 2.39. The Morgan fingerprint density at radius 3 is 2.74 bits per heavy atom. The number of nitrogens with one attached hydrogen (secondary N) is 2. The van der Waals surface area contributed by atoms with Gasteiger partial charge >= 0.3 is 5.76 Å². The fraction of sp³-hybridized carbons (Fsp3) is 0. The molecule has 0 aliphatic rings.